The van der Waals surface area contributed by atoms with Crippen molar-refractivity contribution in [3.8, 4) is 0 Å². The van der Waals surface area contributed by atoms with E-state index in [4.69, 9.17) is 0 Å². The highest BCUT2D eigenvalue weighted by Gasteiger charge is 2.58. The maximum atomic E-state index is 13.0. The van der Waals surface area contributed by atoms with E-state index < -0.39 is 6.04 Å². The quantitative estimate of drug-likeness (QED) is 0.629. The van der Waals surface area contributed by atoms with Gasteiger partial charge in [-0.2, -0.15) is 0 Å². The first kappa shape index (κ1) is 16.8. The average Bonchev–Trinajstić information content (AvgIpc) is 2.92. The van der Waals surface area contributed by atoms with E-state index in [0.717, 1.165) is 38.5 Å². The van der Waals surface area contributed by atoms with Crippen molar-refractivity contribution in [2.75, 3.05) is 0 Å². The fraction of sp³-hybridized carbons (Fsp3) is 0.750. The van der Waals surface area contributed by atoms with Crippen LogP contribution in [0.1, 0.15) is 58.3 Å². The van der Waals surface area contributed by atoms with E-state index in [9.17, 15) is 14.4 Å². The van der Waals surface area contributed by atoms with Gasteiger partial charge in [0.15, 0.2) is 0 Å². The van der Waals surface area contributed by atoms with Crippen LogP contribution in [0.15, 0.2) is 12.2 Å². The molecule has 3 amide bonds. The van der Waals surface area contributed by atoms with Crippen molar-refractivity contribution in [3.63, 3.8) is 0 Å². The Labute approximate surface area is 149 Å². The molecular weight excluding hydrogens is 316 g/mol. The third-order valence-electron chi connectivity index (χ3n) is 6.75. The van der Waals surface area contributed by atoms with E-state index in [-0.39, 0.29) is 47.4 Å². The maximum absolute atomic E-state index is 13.0. The summed E-state index contributed by atoms with van der Waals surface area (Å²) in [5, 5.41) is 3.11. The van der Waals surface area contributed by atoms with Crippen molar-refractivity contribution in [1.82, 2.24) is 10.2 Å². The molecule has 1 N–H and O–H groups in total. The van der Waals surface area contributed by atoms with Crippen LogP contribution in [0.5, 0.6) is 0 Å². The molecule has 0 unspecified atom stereocenters. The van der Waals surface area contributed by atoms with Crippen LogP contribution in [-0.2, 0) is 14.4 Å². The Balaban J connectivity index is 1.52. The molecule has 5 rings (SSSR count). The molecule has 0 aromatic rings. The number of carbonyl (C=O) groups excluding carboxylic acids is 3. The minimum absolute atomic E-state index is 0.111. The molecule has 0 spiro atoms. The monoisotopic (exact) mass is 344 g/mol. The molecule has 4 aliphatic carbocycles. The lowest BCUT2D eigenvalue weighted by Crippen LogP contribution is -2.52. The average molecular weight is 344 g/mol. The Morgan fingerprint density at radius 2 is 1.60 bits per heavy atom. The summed E-state index contributed by atoms with van der Waals surface area (Å²) in [6, 6.07) is -0.449. The first-order chi connectivity index (χ1) is 12.1. The topological polar surface area (TPSA) is 66.5 Å². The number of nitrogens with one attached hydrogen (secondary N) is 1. The van der Waals surface area contributed by atoms with Crippen molar-refractivity contribution in [2.45, 2.75) is 70.4 Å². The number of amides is 3. The maximum Gasteiger partial charge on any atom is 0.243 e. The summed E-state index contributed by atoms with van der Waals surface area (Å²) in [6.07, 6.45) is 12.2. The second kappa shape index (κ2) is 6.58. The van der Waals surface area contributed by atoms with Gasteiger partial charge in [-0.25, -0.2) is 0 Å². The number of rotatable bonds is 4. The smallest absolute Gasteiger partial charge is 0.243 e. The van der Waals surface area contributed by atoms with E-state index in [1.807, 2.05) is 6.92 Å². The lowest BCUT2D eigenvalue weighted by Gasteiger charge is -2.38. The number of allylic oxidation sites excluding steroid dienone is 2. The highest BCUT2D eigenvalue weighted by molar-refractivity contribution is 6.09. The molecule has 2 bridgehead atoms. The zero-order valence-electron chi connectivity index (χ0n) is 14.9. The van der Waals surface area contributed by atoms with Crippen molar-refractivity contribution in [2.24, 2.45) is 23.7 Å². The molecule has 0 aromatic heterocycles. The largest absolute Gasteiger partial charge is 0.352 e. The standard InChI is InChI=1S/C20H28N2O3/c1-2-15(18(23)21-14-6-4-3-5-7-14)22-19(24)16-12-8-9-13(11-10-12)17(16)20(22)25/h8-9,12-17H,2-7,10-11H2,1H3,(H,21,23)/t12-,13-,15+,16+,17+/m0/s1. The second-order valence-corrected chi connectivity index (χ2v) is 8.16. The van der Waals surface area contributed by atoms with Gasteiger partial charge in [0.25, 0.3) is 0 Å². The Morgan fingerprint density at radius 1 is 1.04 bits per heavy atom. The number of nitrogens with zero attached hydrogens (tertiary/aromatic N) is 1. The summed E-state index contributed by atoms with van der Waals surface area (Å²) in [5.74, 6) is -0.472. The van der Waals surface area contributed by atoms with E-state index >= 15 is 0 Å². The van der Waals surface area contributed by atoms with E-state index in [0.29, 0.717) is 6.42 Å². The number of hydrogen-bond acceptors (Lipinski definition) is 3. The normalized spacial score (nSPS) is 35.8. The van der Waals surface area contributed by atoms with Gasteiger partial charge < -0.3 is 5.32 Å². The number of imide groups is 1. The van der Waals surface area contributed by atoms with Crippen molar-refractivity contribution < 1.29 is 14.4 Å². The molecule has 1 heterocycles. The molecule has 3 fully saturated rings. The second-order valence-electron chi connectivity index (χ2n) is 8.16. The highest BCUT2D eigenvalue weighted by Crippen LogP contribution is 2.50. The van der Waals surface area contributed by atoms with Crippen LogP contribution in [0.2, 0.25) is 0 Å². The zero-order chi connectivity index (χ0) is 17.6. The van der Waals surface area contributed by atoms with Crippen LogP contribution >= 0.6 is 0 Å². The Kier molecular flexibility index (Phi) is 4.42. The van der Waals surface area contributed by atoms with Crippen LogP contribution in [0.4, 0.5) is 0 Å². The van der Waals surface area contributed by atoms with Crippen LogP contribution in [-0.4, -0.2) is 34.7 Å². The molecule has 136 valence electrons. The lowest BCUT2D eigenvalue weighted by molar-refractivity contribution is -0.148. The number of carbonyl (C=O) groups is 3. The predicted molar refractivity (Wildman–Crippen MR) is 93.3 cm³/mol. The fourth-order valence-corrected chi connectivity index (χ4v) is 5.43. The van der Waals surface area contributed by atoms with E-state index in [1.165, 1.54) is 11.3 Å². The summed E-state index contributed by atoms with van der Waals surface area (Å²) in [6.45, 7) is 1.89. The lowest BCUT2D eigenvalue weighted by atomic mass is 9.63. The van der Waals surface area contributed by atoms with Gasteiger partial charge in [-0.05, 0) is 43.9 Å². The Bertz CT molecular complexity index is 576. The van der Waals surface area contributed by atoms with Gasteiger partial charge in [0.05, 0.1) is 11.8 Å². The van der Waals surface area contributed by atoms with E-state index in [2.05, 4.69) is 17.5 Å². The minimum atomic E-state index is -0.646. The highest BCUT2D eigenvalue weighted by atomic mass is 16.2. The van der Waals surface area contributed by atoms with Gasteiger partial charge in [0.1, 0.15) is 6.04 Å². The van der Waals surface area contributed by atoms with Gasteiger partial charge in [-0.15, -0.1) is 0 Å². The van der Waals surface area contributed by atoms with Gasteiger partial charge in [0, 0.05) is 6.04 Å². The minimum Gasteiger partial charge on any atom is -0.352 e. The van der Waals surface area contributed by atoms with Gasteiger partial charge >= 0.3 is 0 Å². The summed E-state index contributed by atoms with van der Waals surface area (Å²) in [4.78, 5) is 40.2. The molecular formula is C20H28N2O3. The molecule has 0 aromatic carbocycles. The van der Waals surface area contributed by atoms with Crippen molar-refractivity contribution in [1.29, 1.82) is 0 Å². The molecule has 2 saturated carbocycles. The molecule has 1 saturated heterocycles. The molecule has 5 aliphatic rings. The third-order valence-corrected chi connectivity index (χ3v) is 6.75. The predicted octanol–water partition coefficient (Wildman–Crippen LogP) is 2.41. The number of hydrogen-bond donors (Lipinski definition) is 1. The van der Waals surface area contributed by atoms with Gasteiger partial charge in [0.2, 0.25) is 17.7 Å². The summed E-state index contributed by atoms with van der Waals surface area (Å²) < 4.78 is 0. The molecule has 0 radical (unpaired) electrons. The van der Waals surface area contributed by atoms with Gasteiger partial charge in [-0.3, -0.25) is 19.3 Å². The first-order valence-corrected chi connectivity index (χ1v) is 9.97. The Hall–Kier alpha value is -1.65. The SMILES string of the molecule is CC[C@H](C(=O)NC1CCCCC1)N1C(=O)[C@H]2[C@H](C1=O)[C@H]1C=C[C@H]2CC1. The molecule has 5 heteroatoms. The summed E-state index contributed by atoms with van der Waals surface area (Å²) >= 11 is 0. The number of likely N-dealkylation sites (tertiary alicyclic amines) is 1. The first-order valence-electron chi connectivity index (χ1n) is 9.97. The molecule has 5 nitrogen and oxygen atoms in total. The third kappa shape index (κ3) is 2.72. The summed E-state index contributed by atoms with van der Waals surface area (Å²) in [5.41, 5.74) is 0. The Morgan fingerprint density at radius 3 is 2.08 bits per heavy atom. The molecule has 25 heavy (non-hydrogen) atoms. The van der Waals surface area contributed by atoms with Crippen molar-refractivity contribution >= 4 is 17.7 Å². The van der Waals surface area contributed by atoms with Crippen LogP contribution in [0, 0.1) is 23.7 Å². The van der Waals surface area contributed by atoms with Crippen LogP contribution < -0.4 is 5.32 Å². The van der Waals surface area contributed by atoms with Crippen molar-refractivity contribution in [3.05, 3.63) is 12.2 Å². The fourth-order valence-electron chi connectivity index (χ4n) is 5.43. The van der Waals surface area contributed by atoms with E-state index in [1.54, 1.807) is 0 Å². The van der Waals surface area contributed by atoms with Gasteiger partial charge in [-0.1, -0.05) is 38.3 Å². The zero-order valence-corrected chi connectivity index (χ0v) is 14.9. The van der Waals surface area contributed by atoms with Crippen LogP contribution in [0.3, 0.4) is 0 Å². The van der Waals surface area contributed by atoms with Crippen LogP contribution in [0.25, 0.3) is 0 Å². The number of fused-ring (bicyclic) bond motifs is 1. The molecule has 1 aliphatic heterocycles. The summed E-state index contributed by atoms with van der Waals surface area (Å²) in [7, 11) is 0. The molecule has 5 atom stereocenters.